The molecule has 148 valence electrons. The zero-order chi connectivity index (χ0) is 20.6. The highest BCUT2D eigenvalue weighted by Crippen LogP contribution is 2.35. The van der Waals surface area contributed by atoms with Crippen LogP contribution in [-0.2, 0) is 14.8 Å². The van der Waals surface area contributed by atoms with Crippen molar-refractivity contribution >= 4 is 33.5 Å². The first-order chi connectivity index (χ1) is 13.9. The van der Waals surface area contributed by atoms with Crippen molar-refractivity contribution in [2.75, 3.05) is 19.4 Å². The summed E-state index contributed by atoms with van der Waals surface area (Å²) >= 11 is 0. The second-order valence-electron chi connectivity index (χ2n) is 6.69. The molecule has 8 nitrogen and oxygen atoms in total. The number of hydrogen-bond acceptors (Lipinski definition) is 6. The van der Waals surface area contributed by atoms with E-state index in [9.17, 15) is 13.2 Å². The average Bonchev–Trinajstić information content (AvgIpc) is 3.33. The number of carbonyl (C=O) groups is 1. The fourth-order valence-electron chi connectivity index (χ4n) is 3.02. The fraction of sp³-hybridized carbons (Fsp3) is 0.150. The zero-order valence-corrected chi connectivity index (χ0v) is 16.6. The van der Waals surface area contributed by atoms with Gasteiger partial charge >= 0.3 is 0 Å². The Morgan fingerprint density at radius 2 is 1.93 bits per heavy atom. The number of rotatable bonds is 5. The van der Waals surface area contributed by atoms with E-state index in [1.54, 1.807) is 24.5 Å². The summed E-state index contributed by atoms with van der Waals surface area (Å²) in [7, 11) is -0.542. The van der Waals surface area contributed by atoms with Crippen LogP contribution in [0.5, 0.6) is 0 Å². The molecule has 9 heteroatoms. The predicted octanol–water partition coefficient (Wildman–Crippen LogP) is 3.03. The summed E-state index contributed by atoms with van der Waals surface area (Å²) in [5.41, 5.74) is 2.88. The Bertz CT molecular complexity index is 1180. The molecule has 1 aliphatic heterocycles. The third-order valence-corrected chi connectivity index (χ3v) is 6.46. The number of carbonyl (C=O) groups excluding carboxylic acids is 1. The van der Waals surface area contributed by atoms with Crippen molar-refractivity contribution in [2.24, 2.45) is 4.99 Å². The van der Waals surface area contributed by atoms with Crippen LogP contribution in [0.1, 0.15) is 11.5 Å². The van der Waals surface area contributed by atoms with Crippen molar-refractivity contribution < 1.29 is 17.6 Å². The molecule has 0 saturated carbocycles. The molecule has 3 aromatic rings. The number of aliphatic imine (C=N–C) groups is 1. The number of hydrogen-bond donors (Lipinski definition) is 1. The molecule has 0 bridgehead atoms. The molecule has 0 saturated heterocycles. The zero-order valence-electron chi connectivity index (χ0n) is 15.7. The first-order valence-corrected chi connectivity index (χ1v) is 10.2. The minimum atomic E-state index is -3.50. The van der Waals surface area contributed by atoms with Gasteiger partial charge in [0.15, 0.2) is 12.2 Å². The van der Waals surface area contributed by atoms with Gasteiger partial charge in [-0.05, 0) is 48.0 Å². The molecular formula is C20H18N4O4S. The molecule has 0 spiro atoms. The molecule has 4 rings (SSSR count). The van der Waals surface area contributed by atoms with Crippen molar-refractivity contribution in [3.8, 4) is 11.3 Å². The van der Waals surface area contributed by atoms with Gasteiger partial charge < -0.3 is 9.73 Å². The normalized spacial score (nSPS) is 16.4. The van der Waals surface area contributed by atoms with Gasteiger partial charge in [0.1, 0.15) is 5.92 Å². The molecule has 1 amide bonds. The van der Waals surface area contributed by atoms with Crippen molar-refractivity contribution in [1.82, 2.24) is 9.29 Å². The number of oxazole rings is 1. The molecule has 0 aliphatic carbocycles. The van der Waals surface area contributed by atoms with E-state index >= 15 is 0 Å². The van der Waals surface area contributed by atoms with Gasteiger partial charge in [-0.15, -0.1) is 0 Å². The van der Waals surface area contributed by atoms with Gasteiger partial charge in [-0.2, -0.15) is 0 Å². The summed E-state index contributed by atoms with van der Waals surface area (Å²) in [5, 5.41) is 2.84. The predicted molar refractivity (Wildman–Crippen MR) is 109 cm³/mol. The number of nitrogens with zero attached hydrogens (tertiary/aromatic N) is 3. The average molecular weight is 410 g/mol. The summed E-state index contributed by atoms with van der Waals surface area (Å²) in [6, 6.07) is 11.7. The van der Waals surface area contributed by atoms with Crippen LogP contribution in [0.3, 0.4) is 0 Å². The van der Waals surface area contributed by atoms with E-state index in [4.69, 9.17) is 4.42 Å². The van der Waals surface area contributed by atoms with E-state index in [1.807, 2.05) is 18.2 Å². The van der Waals surface area contributed by atoms with E-state index in [-0.39, 0.29) is 10.8 Å². The van der Waals surface area contributed by atoms with E-state index in [1.165, 1.54) is 32.6 Å². The lowest BCUT2D eigenvalue weighted by molar-refractivity contribution is -0.115. The molecule has 0 fully saturated rings. The Kier molecular flexibility index (Phi) is 4.77. The standard InChI is InChI=1S/C20H18N4O4S/c1-24(2)29(26,27)15-6-4-14(5-7-15)22-10-17-16-9-13(19-11-21-12-28-19)3-8-18(16)23-20(17)25/h3-12,17H,1-2H3,(H,23,25). The lowest BCUT2D eigenvalue weighted by Crippen LogP contribution is -2.21. The van der Waals surface area contributed by atoms with Crippen LogP contribution in [0.4, 0.5) is 11.4 Å². The number of aromatic nitrogens is 1. The van der Waals surface area contributed by atoms with Gasteiger partial charge in [-0.3, -0.25) is 9.79 Å². The molecular weight excluding hydrogens is 392 g/mol. The minimum Gasteiger partial charge on any atom is -0.444 e. The van der Waals surface area contributed by atoms with Crippen LogP contribution in [0.2, 0.25) is 0 Å². The van der Waals surface area contributed by atoms with Crippen molar-refractivity contribution in [1.29, 1.82) is 0 Å². The van der Waals surface area contributed by atoms with Gasteiger partial charge in [0.05, 0.1) is 16.8 Å². The highest BCUT2D eigenvalue weighted by Gasteiger charge is 2.29. The molecule has 0 radical (unpaired) electrons. The summed E-state index contributed by atoms with van der Waals surface area (Å²) in [5.74, 6) is -0.121. The van der Waals surface area contributed by atoms with Gasteiger partial charge in [-0.25, -0.2) is 17.7 Å². The van der Waals surface area contributed by atoms with E-state index in [2.05, 4.69) is 15.3 Å². The maximum Gasteiger partial charge on any atom is 0.242 e. The Balaban J connectivity index is 1.60. The maximum atomic E-state index is 12.4. The molecule has 1 aliphatic rings. The number of benzene rings is 2. The monoisotopic (exact) mass is 410 g/mol. The third kappa shape index (κ3) is 3.57. The largest absolute Gasteiger partial charge is 0.444 e. The molecule has 1 atom stereocenters. The first-order valence-electron chi connectivity index (χ1n) is 8.77. The third-order valence-electron chi connectivity index (χ3n) is 4.63. The van der Waals surface area contributed by atoms with Crippen LogP contribution < -0.4 is 5.32 Å². The lowest BCUT2D eigenvalue weighted by atomic mass is 9.99. The van der Waals surface area contributed by atoms with Crippen LogP contribution in [-0.4, -0.2) is 43.9 Å². The Hall–Kier alpha value is -3.30. The molecule has 29 heavy (non-hydrogen) atoms. The summed E-state index contributed by atoms with van der Waals surface area (Å²) in [6.07, 6.45) is 4.52. The summed E-state index contributed by atoms with van der Waals surface area (Å²) in [6.45, 7) is 0. The van der Waals surface area contributed by atoms with E-state index in [0.29, 0.717) is 11.4 Å². The smallest absolute Gasteiger partial charge is 0.242 e. The highest BCUT2D eigenvalue weighted by atomic mass is 32.2. The minimum absolute atomic E-state index is 0.176. The molecule has 1 unspecified atom stereocenters. The van der Waals surface area contributed by atoms with Crippen LogP contribution in [0.15, 0.2) is 69.4 Å². The van der Waals surface area contributed by atoms with Gasteiger partial charge in [0.2, 0.25) is 15.9 Å². The maximum absolute atomic E-state index is 12.4. The molecule has 1 N–H and O–H groups in total. The molecule has 2 heterocycles. The number of amides is 1. The second kappa shape index (κ2) is 7.26. The van der Waals surface area contributed by atoms with E-state index < -0.39 is 15.9 Å². The number of anilines is 1. The van der Waals surface area contributed by atoms with Crippen molar-refractivity contribution in [2.45, 2.75) is 10.8 Å². The Morgan fingerprint density at radius 1 is 1.17 bits per heavy atom. The Morgan fingerprint density at radius 3 is 2.59 bits per heavy atom. The molecule has 1 aromatic heterocycles. The van der Waals surface area contributed by atoms with Crippen LogP contribution >= 0.6 is 0 Å². The Labute approximate surface area is 168 Å². The van der Waals surface area contributed by atoms with Gasteiger partial charge in [0, 0.05) is 31.6 Å². The van der Waals surface area contributed by atoms with Gasteiger partial charge in [-0.1, -0.05) is 0 Å². The molecule has 2 aromatic carbocycles. The van der Waals surface area contributed by atoms with E-state index in [0.717, 1.165) is 21.1 Å². The SMILES string of the molecule is CN(C)S(=O)(=O)c1ccc(N=CC2C(=O)Nc3ccc(-c4cnco4)cc32)cc1. The summed E-state index contributed by atoms with van der Waals surface area (Å²) < 4.78 is 30.8. The van der Waals surface area contributed by atoms with Crippen molar-refractivity contribution in [3.05, 3.63) is 60.6 Å². The topological polar surface area (TPSA) is 105 Å². The number of fused-ring (bicyclic) bond motifs is 1. The van der Waals surface area contributed by atoms with Crippen LogP contribution in [0.25, 0.3) is 11.3 Å². The van der Waals surface area contributed by atoms with Crippen molar-refractivity contribution in [3.63, 3.8) is 0 Å². The quantitative estimate of drug-likeness (QED) is 0.651. The van der Waals surface area contributed by atoms with Gasteiger partial charge in [0.25, 0.3) is 0 Å². The fourth-order valence-corrected chi connectivity index (χ4v) is 3.92. The summed E-state index contributed by atoms with van der Waals surface area (Å²) in [4.78, 5) is 20.9. The first kappa shape index (κ1) is 19.0. The number of nitrogens with one attached hydrogen (secondary N) is 1. The highest BCUT2D eigenvalue weighted by molar-refractivity contribution is 7.89. The lowest BCUT2D eigenvalue weighted by Gasteiger charge is -2.11. The number of sulfonamides is 1. The second-order valence-corrected chi connectivity index (χ2v) is 8.85. The van der Waals surface area contributed by atoms with Crippen LogP contribution in [0, 0.1) is 0 Å².